The normalized spacial score (nSPS) is 11.5. The summed E-state index contributed by atoms with van der Waals surface area (Å²) in [5.41, 5.74) is 0. The van der Waals surface area contributed by atoms with Crippen molar-refractivity contribution in [1.82, 2.24) is 0 Å². The quantitative estimate of drug-likeness (QED) is 0.0775. The molecule has 0 saturated heterocycles. The van der Waals surface area contributed by atoms with E-state index < -0.39 is 0 Å². The molecule has 39 heavy (non-hydrogen) atoms. The van der Waals surface area contributed by atoms with Crippen LogP contribution >= 0.6 is 11.6 Å². The van der Waals surface area contributed by atoms with Crippen LogP contribution in [0.1, 0.15) is 6.92 Å². The van der Waals surface area contributed by atoms with Crippen molar-refractivity contribution < 1.29 is 56.8 Å². The second kappa shape index (κ2) is 37.8. The summed E-state index contributed by atoms with van der Waals surface area (Å²) in [6, 6.07) is 0. The average molecular weight is 593 g/mol. The lowest BCUT2D eigenvalue weighted by molar-refractivity contribution is -0.0281. The van der Waals surface area contributed by atoms with E-state index in [2.05, 4.69) is 0 Å². The largest absolute Gasteiger partial charge is 0.379 e. The van der Waals surface area contributed by atoms with Crippen LogP contribution in [0.3, 0.4) is 0 Å². The third-order valence-electron chi connectivity index (χ3n) is 4.52. The van der Waals surface area contributed by atoms with Crippen LogP contribution in [-0.2, 0) is 56.8 Å². The molecule has 0 aromatic carbocycles. The van der Waals surface area contributed by atoms with Gasteiger partial charge in [-0.1, -0.05) is 0 Å². The Kier molecular flexibility index (Phi) is 37.6. The Balaban J connectivity index is 3.01. The number of rotatable bonds is 36. The number of alkyl halides is 1. The van der Waals surface area contributed by atoms with Crippen LogP contribution in [0.4, 0.5) is 0 Å². The maximum absolute atomic E-state index is 5.50. The van der Waals surface area contributed by atoms with Gasteiger partial charge in [-0.2, -0.15) is 0 Å². The van der Waals surface area contributed by atoms with E-state index in [1.807, 2.05) is 6.92 Å². The SMILES string of the molecule is CCOCCOCCOCCOCCOCCOCCOCCOCCOCCOCCOCCOCCCl. The Morgan fingerprint density at radius 1 is 0.256 bits per heavy atom. The van der Waals surface area contributed by atoms with Gasteiger partial charge in [0, 0.05) is 12.5 Å². The molecule has 0 saturated carbocycles. The molecule has 0 radical (unpaired) electrons. The Labute approximate surface area is 240 Å². The van der Waals surface area contributed by atoms with E-state index in [1.54, 1.807) is 0 Å². The molecule has 0 bridgehead atoms. The van der Waals surface area contributed by atoms with Crippen LogP contribution < -0.4 is 0 Å². The Morgan fingerprint density at radius 3 is 0.564 bits per heavy atom. The van der Waals surface area contributed by atoms with Crippen molar-refractivity contribution in [1.29, 1.82) is 0 Å². The molecule has 0 heterocycles. The Morgan fingerprint density at radius 2 is 0.410 bits per heavy atom. The standard InChI is InChI=1S/C26H53ClO12/c1-2-28-5-6-30-9-10-32-13-14-34-17-18-36-21-22-38-25-26-39-24-23-37-20-19-35-16-15-33-12-11-31-8-7-29-4-3-27/h2-26H2,1H3. The predicted octanol–water partition coefficient (Wildman–Crippen LogP) is 1.44. The van der Waals surface area contributed by atoms with E-state index in [9.17, 15) is 0 Å². The highest BCUT2D eigenvalue weighted by molar-refractivity contribution is 6.17. The van der Waals surface area contributed by atoms with Gasteiger partial charge in [-0.25, -0.2) is 0 Å². The molecule has 0 aliphatic carbocycles. The number of hydrogen-bond donors (Lipinski definition) is 0. The van der Waals surface area contributed by atoms with Gasteiger partial charge in [0.15, 0.2) is 0 Å². The first-order valence-electron chi connectivity index (χ1n) is 13.9. The molecule has 0 fully saturated rings. The summed E-state index contributed by atoms with van der Waals surface area (Å²) in [6.45, 7) is 15.0. The fourth-order valence-corrected chi connectivity index (χ4v) is 2.73. The first-order valence-corrected chi connectivity index (χ1v) is 14.4. The lowest BCUT2D eigenvalue weighted by atomic mass is 10.6. The van der Waals surface area contributed by atoms with E-state index >= 15 is 0 Å². The zero-order valence-electron chi connectivity index (χ0n) is 24.0. The maximum Gasteiger partial charge on any atom is 0.0701 e. The number of ether oxygens (including phenoxy) is 12. The maximum atomic E-state index is 5.50. The summed E-state index contributed by atoms with van der Waals surface area (Å²) in [5.74, 6) is 0.499. The molecular formula is C26H53ClO12. The molecule has 13 heteroatoms. The lowest BCUT2D eigenvalue weighted by Crippen LogP contribution is -2.15. The highest BCUT2D eigenvalue weighted by Crippen LogP contribution is 1.87. The van der Waals surface area contributed by atoms with E-state index in [-0.39, 0.29) is 0 Å². The minimum Gasteiger partial charge on any atom is -0.379 e. The van der Waals surface area contributed by atoms with E-state index in [4.69, 9.17) is 68.4 Å². The zero-order chi connectivity index (χ0) is 28.2. The molecule has 12 nitrogen and oxygen atoms in total. The minimum atomic E-state index is 0.499. The van der Waals surface area contributed by atoms with E-state index in [0.717, 1.165) is 0 Å². The highest BCUT2D eigenvalue weighted by Gasteiger charge is 1.96. The second-order valence-corrected chi connectivity index (χ2v) is 8.00. The van der Waals surface area contributed by atoms with E-state index in [0.29, 0.717) is 164 Å². The van der Waals surface area contributed by atoms with Gasteiger partial charge in [-0.15, -0.1) is 11.6 Å². The number of hydrogen-bond acceptors (Lipinski definition) is 12. The van der Waals surface area contributed by atoms with Crippen molar-refractivity contribution >= 4 is 11.6 Å². The second-order valence-electron chi connectivity index (χ2n) is 7.62. The lowest BCUT2D eigenvalue weighted by Gasteiger charge is -2.09. The molecule has 0 atom stereocenters. The van der Waals surface area contributed by atoms with Gasteiger partial charge in [-0.3, -0.25) is 0 Å². The van der Waals surface area contributed by atoms with Gasteiger partial charge in [-0.05, 0) is 6.92 Å². The van der Waals surface area contributed by atoms with Gasteiger partial charge < -0.3 is 56.8 Å². The van der Waals surface area contributed by atoms with Crippen LogP contribution in [0.25, 0.3) is 0 Å². The molecule has 0 aromatic rings. The summed E-state index contributed by atoms with van der Waals surface area (Å²) < 4.78 is 64.6. The van der Waals surface area contributed by atoms with Crippen molar-refractivity contribution in [2.75, 3.05) is 164 Å². The van der Waals surface area contributed by atoms with Crippen LogP contribution in [0.5, 0.6) is 0 Å². The molecule has 0 N–H and O–H groups in total. The summed E-state index contributed by atoms with van der Waals surface area (Å²) in [6.07, 6.45) is 0. The molecule has 0 aromatic heterocycles. The predicted molar refractivity (Wildman–Crippen MR) is 146 cm³/mol. The van der Waals surface area contributed by atoms with Crippen molar-refractivity contribution in [2.45, 2.75) is 6.92 Å². The van der Waals surface area contributed by atoms with Crippen LogP contribution in [0.15, 0.2) is 0 Å². The van der Waals surface area contributed by atoms with E-state index in [1.165, 1.54) is 0 Å². The molecule has 0 unspecified atom stereocenters. The summed E-state index contributed by atoms with van der Waals surface area (Å²) in [4.78, 5) is 0. The Hall–Kier alpha value is -0.190. The van der Waals surface area contributed by atoms with Crippen LogP contribution in [0, 0.1) is 0 Å². The van der Waals surface area contributed by atoms with Crippen molar-refractivity contribution in [3.8, 4) is 0 Å². The molecule has 236 valence electrons. The van der Waals surface area contributed by atoms with Crippen LogP contribution in [0.2, 0.25) is 0 Å². The fraction of sp³-hybridized carbons (Fsp3) is 1.00. The molecule has 0 amide bonds. The first-order chi connectivity index (χ1) is 19.4. The van der Waals surface area contributed by atoms with Crippen molar-refractivity contribution in [2.24, 2.45) is 0 Å². The fourth-order valence-electron chi connectivity index (χ4n) is 2.62. The third-order valence-corrected chi connectivity index (χ3v) is 4.67. The first kappa shape index (κ1) is 38.8. The summed E-state index contributed by atoms with van der Waals surface area (Å²) >= 11 is 5.50. The summed E-state index contributed by atoms with van der Waals surface area (Å²) in [7, 11) is 0. The van der Waals surface area contributed by atoms with Crippen molar-refractivity contribution in [3.05, 3.63) is 0 Å². The zero-order valence-corrected chi connectivity index (χ0v) is 24.7. The Bertz CT molecular complexity index is 390. The van der Waals surface area contributed by atoms with Gasteiger partial charge in [0.2, 0.25) is 0 Å². The molecule has 0 aliphatic heterocycles. The van der Waals surface area contributed by atoms with Crippen LogP contribution in [-0.4, -0.2) is 164 Å². The van der Waals surface area contributed by atoms with Gasteiger partial charge in [0.1, 0.15) is 0 Å². The molecule has 0 spiro atoms. The van der Waals surface area contributed by atoms with Crippen molar-refractivity contribution in [3.63, 3.8) is 0 Å². The van der Waals surface area contributed by atoms with Gasteiger partial charge >= 0.3 is 0 Å². The molecule has 0 aliphatic rings. The monoisotopic (exact) mass is 592 g/mol. The minimum absolute atomic E-state index is 0.499. The summed E-state index contributed by atoms with van der Waals surface area (Å²) in [5, 5.41) is 0. The van der Waals surface area contributed by atoms with Gasteiger partial charge in [0.25, 0.3) is 0 Å². The highest BCUT2D eigenvalue weighted by atomic mass is 35.5. The average Bonchev–Trinajstić information content (AvgIpc) is 2.95. The topological polar surface area (TPSA) is 111 Å². The third kappa shape index (κ3) is 37.8. The van der Waals surface area contributed by atoms with Gasteiger partial charge in [0.05, 0.1) is 152 Å². The number of halogens is 1. The molecule has 0 rings (SSSR count). The molecular weight excluding hydrogens is 540 g/mol. The smallest absolute Gasteiger partial charge is 0.0701 e.